The lowest BCUT2D eigenvalue weighted by molar-refractivity contribution is -0.142. The number of aromatic nitrogens is 1. The van der Waals surface area contributed by atoms with E-state index in [0.717, 1.165) is 0 Å². The summed E-state index contributed by atoms with van der Waals surface area (Å²) in [5.41, 5.74) is -4.16. The number of carbonyl (C=O) groups excluding carboxylic acids is 1. The zero-order valence-corrected chi connectivity index (χ0v) is 9.46. The third-order valence-electron chi connectivity index (χ3n) is 2.07. The summed E-state index contributed by atoms with van der Waals surface area (Å²) in [6.07, 6.45) is -8.16. The Balaban J connectivity index is 3.49. The predicted molar refractivity (Wildman–Crippen MR) is 51.8 cm³/mol. The van der Waals surface area contributed by atoms with Crippen molar-refractivity contribution >= 4 is 5.97 Å². The van der Waals surface area contributed by atoms with Crippen molar-refractivity contribution in [2.45, 2.75) is 19.5 Å². The van der Waals surface area contributed by atoms with Crippen LogP contribution in [0.3, 0.4) is 0 Å². The summed E-state index contributed by atoms with van der Waals surface area (Å²) in [6.45, 7) is 1.09. The van der Waals surface area contributed by atoms with Crippen molar-refractivity contribution < 1.29 is 36.6 Å². The highest BCUT2D eigenvalue weighted by Crippen LogP contribution is 2.39. The van der Waals surface area contributed by atoms with Gasteiger partial charge >= 0.3 is 12.1 Å². The summed E-state index contributed by atoms with van der Waals surface area (Å²) in [4.78, 5) is 14.1. The molecule has 0 amide bonds. The van der Waals surface area contributed by atoms with Gasteiger partial charge in [0.1, 0.15) is 5.56 Å². The number of ether oxygens (including phenoxy) is 1. The van der Waals surface area contributed by atoms with Crippen LogP contribution >= 0.6 is 0 Å². The Bertz CT molecular complexity index is 487. The van der Waals surface area contributed by atoms with Crippen molar-refractivity contribution in [3.05, 3.63) is 23.0 Å². The molecule has 0 spiro atoms. The van der Waals surface area contributed by atoms with E-state index < -0.39 is 41.1 Å². The first-order valence-corrected chi connectivity index (χ1v) is 4.94. The highest BCUT2D eigenvalue weighted by Gasteiger charge is 2.39. The van der Waals surface area contributed by atoms with Gasteiger partial charge < -0.3 is 9.84 Å². The molecule has 1 rings (SSSR count). The van der Waals surface area contributed by atoms with E-state index >= 15 is 0 Å². The van der Waals surface area contributed by atoms with Gasteiger partial charge in [0.15, 0.2) is 11.4 Å². The van der Waals surface area contributed by atoms with E-state index in [9.17, 15) is 31.9 Å². The summed E-state index contributed by atoms with van der Waals surface area (Å²) in [5.74, 6) is -3.13. The fraction of sp³-hybridized carbons (Fsp3) is 0.400. The summed E-state index contributed by atoms with van der Waals surface area (Å²) in [6, 6.07) is 0. The van der Waals surface area contributed by atoms with Crippen LogP contribution in [0, 0.1) is 0 Å². The molecular formula is C10H8F5NO3. The highest BCUT2D eigenvalue weighted by atomic mass is 19.4. The van der Waals surface area contributed by atoms with Crippen molar-refractivity contribution in [3.8, 4) is 5.75 Å². The molecule has 1 aromatic rings. The lowest BCUT2D eigenvalue weighted by Crippen LogP contribution is -2.15. The Morgan fingerprint density at radius 3 is 2.47 bits per heavy atom. The third-order valence-corrected chi connectivity index (χ3v) is 2.07. The number of hydrogen-bond acceptors (Lipinski definition) is 4. The van der Waals surface area contributed by atoms with Gasteiger partial charge in [-0.05, 0) is 6.92 Å². The number of rotatable bonds is 3. The maximum Gasteiger partial charge on any atom is 0.437 e. The van der Waals surface area contributed by atoms with Crippen LogP contribution in [0.2, 0.25) is 0 Å². The first-order chi connectivity index (χ1) is 8.70. The molecule has 0 aliphatic heterocycles. The van der Waals surface area contributed by atoms with Gasteiger partial charge in [0, 0.05) is 6.20 Å². The molecule has 0 bridgehead atoms. The summed E-state index contributed by atoms with van der Waals surface area (Å²) < 4.78 is 66.9. The Morgan fingerprint density at radius 2 is 2.05 bits per heavy atom. The molecular weight excluding hydrogens is 277 g/mol. The van der Waals surface area contributed by atoms with E-state index in [1.54, 1.807) is 0 Å². The third kappa shape index (κ3) is 3.09. The van der Waals surface area contributed by atoms with Crippen LogP contribution < -0.4 is 0 Å². The van der Waals surface area contributed by atoms with Crippen LogP contribution in [0.5, 0.6) is 5.75 Å². The second kappa shape index (κ2) is 5.37. The van der Waals surface area contributed by atoms with Gasteiger partial charge in [0.05, 0.1) is 12.2 Å². The largest absolute Gasteiger partial charge is 0.505 e. The molecule has 0 saturated heterocycles. The average molecular weight is 285 g/mol. The van der Waals surface area contributed by atoms with Crippen LogP contribution in [-0.4, -0.2) is 22.7 Å². The van der Waals surface area contributed by atoms with Gasteiger partial charge in [-0.25, -0.2) is 18.6 Å². The first-order valence-electron chi connectivity index (χ1n) is 4.94. The molecule has 4 nitrogen and oxygen atoms in total. The summed E-state index contributed by atoms with van der Waals surface area (Å²) in [5, 5.41) is 9.33. The van der Waals surface area contributed by atoms with Crippen molar-refractivity contribution in [1.82, 2.24) is 4.98 Å². The van der Waals surface area contributed by atoms with E-state index in [-0.39, 0.29) is 12.8 Å². The normalized spacial score (nSPS) is 11.7. The monoisotopic (exact) mass is 285 g/mol. The molecule has 1 N–H and O–H groups in total. The zero-order valence-electron chi connectivity index (χ0n) is 9.46. The lowest BCUT2D eigenvalue weighted by atomic mass is 10.1. The van der Waals surface area contributed by atoms with Crippen molar-refractivity contribution in [3.63, 3.8) is 0 Å². The molecule has 0 atom stereocenters. The SMILES string of the molecule is CCOC(=O)c1c(C(F)F)cnc(C(F)(F)F)c1O. The number of hydrogen-bond donors (Lipinski definition) is 1. The van der Waals surface area contributed by atoms with Crippen molar-refractivity contribution in [1.29, 1.82) is 0 Å². The maximum absolute atomic E-state index is 12.6. The van der Waals surface area contributed by atoms with Crippen LogP contribution in [-0.2, 0) is 10.9 Å². The minimum atomic E-state index is -5.08. The van der Waals surface area contributed by atoms with Gasteiger partial charge in [-0.2, -0.15) is 13.2 Å². The zero-order chi connectivity index (χ0) is 14.8. The van der Waals surface area contributed by atoms with Gasteiger partial charge in [-0.15, -0.1) is 0 Å². The summed E-state index contributed by atoms with van der Waals surface area (Å²) >= 11 is 0. The molecule has 0 radical (unpaired) electrons. The molecule has 9 heteroatoms. The highest BCUT2D eigenvalue weighted by molar-refractivity contribution is 5.94. The van der Waals surface area contributed by atoms with Gasteiger partial charge in [-0.1, -0.05) is 0 Å². The second-order valence-corrected chi connectivity index (χ2v) is 3.30. The standard InChI is InChI=1S/C10H8F5NO3/c1-2-19-9(18)5-4(8(11)12)3-16-7(6(5)17)10(13,14)15/h3,8,17H,2H2,1H3. The molecule has 0 aliphatic carbocycles. The van der Waals surface area contributed by atoms with Crippen LogP contribution in [0.25, 0.3) is 0 Å². The van der Waals surface area contributed by atoms with E-state index in [4.69, 9.17) is 0 Å². The van der Waals surface area contributed by atoms with Crippen LogP contribution in [0.4, 0.5) is 22.0 Å². The van der Waals surface area contributed by atoms with Gasteiger partial charge in [0.25, 0.3) is 6.43 Å². The van der Waals surface area contributed by atoms with E-state index in [1.807, 2.05) is 0 Å². The fourth-order valence-corrected chi connectivity index (χ4v) is 1.31. The number of nitrogens with zero attached hydrogens (tertiary/aromatic N) is 1. The average Bonchev–Trinajstić information content (AvgIpc) is 2.26. The van der Waals surface area contributed by atoms with Crippen molar-refractivity contribution in [2.24, 2.45) is 0 Å². The maximum atomic E-state index is 12.6. The van der Waals surface area contributed by atoms with Crippen LogP contribution in [0.1, 0.15) is 35.0 Å². The van der Waals surface area contributed by atoms with Gasteiger partial charge in [-0.3, -0.25) is 0 Å². The van der Waals surface area contributed by atoms with E-state index in [1.165, 1.54) is 6.92 Å². The van der Waals surface area contributed by atoms with Crippen molar-refractivity contribution in [2.75, 3.05) is 6.61 Å². The second-order valence-electron chi connectivity index (χ2n) is 3.30. The van der Waals surface area contributed by atoms with E-state index in [2.05, 4.69) is 9.72 Å². The van der Waals surface area contributed by atoms with E-state index in [0.29, 0.717) is 0 Å². The number of carbonyl (C=O) groups is 1. The number of alkyl halides is 5. The Morgan fingerprint density at radius 1 is 1.47 bits per heavy atom. The molecule has 106 valence electrons. The number of halogens is 5. The predicted octanol–water partition coefficient (Wildman–Crippen LogP) is 2.92. The number of pyridine rings is 1. The smallest absolute Gasteiger partial charge is 0.437 e. The molecule has 0 saturated carbocycles. The Kier molecular flexibility index (Phi) is 4.28. The summed E-state index contributed by atoms with van der Waals surface area (Å²) in [7, 11) is 0. The minimum absolute atomic E-state index is 0.194. The number of esters is 1. The topological polar surface area (TPSA) is 59.4 Å². The lowest BCUT2D eigenvalue weighted by Gasteiger charge is -2.14. The minimum Gasteiger partial charge on any atom is -0.505 e. The van der Waals surface area contributed by atoms with Crippen LogP contribution in [0.15, 0.2) is 6.20 Å². The molecule has 1 heterocycles. The number of aromatic hydroxyl groups is 1. The Hall–Kier alpha value is -1.93. The molecule has 0 aliphatic rings. The molecule has 1 aromatic heterocycles. The molecule has 19 heavy (non-hydrogen) atoms. The first kappa shape index (κ1) is 15.1. The quantitative estimate of drug-likeness (QED) is 0.685. The van der Waals surface area contributed by atoms with Gasteiger partial charge in [0.2, 0.25) is 0 Å². The Labute approximate surface area is 103 Å². The molecule has 0 aromatic carbocycles. The fourth-order valence-electron chi connectivity index (χ4n) is 1.31. The molecule has 0 fully saturated rings. The molecule has 0 unspecified atom stereocenters.